The fraction of sp³-hybridized carbons (Fsp3) is 0.636. The summed E-state index contributed by atoms with van der Waals surface area (Å²) in [5.41, 5.74) is 0. The molecule has 1 unspecified atom stereocenters. The number of aliphatic carboxylic acids is 1. The van der Waals surface area contributed by atoms with E-state index in [2.05, 4.69) is 9.82 Å². The van der Waals surface area contributed by atoms with E-state index in [-0.39, 0.29) is 30.3 Å². The van der Waals surface area contributed by atoms with Gasteiger partial charge in [-0.3, -0.25) is 9.48 Å². The highest BCUT2D eigenvalue weighted by atomic mass is 32.2. The SMILES string of the molecule is O=C(O)CCn1cc(S(=O)(=O)NCC(O)C2CC2)cn1. The van der Waals surface area contributed by atoms with Crippen LogP contribution in [0.5, 0.6) is 0 Å². The number of aryl methyl sites for hydroxylation is 1. The monoisotopic (exact) mass is 303 g/mol. The van der Waals surface area contributed by atoms with E-state index in [9.17, 15) is 18.3 Å². The van der Waals surface area contributed by atoms with Gasteiger partial charge in [-0.2, -0.15) is 5.10 Å². The van der Waals surface area contributed by atoms with Gasteiger partial charge in [-0.25, -0.2) is 13.1 Å². The highest BCUT2D eigenvalue weighted by Crippen LogP contribution is 2.32. The predicted molar refractivity (Wildman–Crippen MR) is 68.4 cm³/mol. The molecular formula is C11H17N3O5S. The van der Waals surface area contributed by atoms with Gasteiger partial charge in [0, 0.05) is 12.7 Å². The number of aliphatic hydroxyl groups is 1. The van der Waals surface area contributed by atoms with Crippen molar-refractivity contribution in [3.05, 3.63) is 12.4 Å². The molecule has 1 fully saturated rings. The topological polar surface area (TPSA) is 122 Å². The van der Waals surface area contributed by atoms with Gasteiger partial charge in [0.25, 0.3) is 0 Å². The van der Waals surface area contributed by atoms with E-state index in [1.165, 1.54) is 10.9 Å². The molecule has 1 aromatic heterocycles. The molecule has 2 rings (SSSR count). The molecule has 0 bridgehead atoms. The lowest BCUT2D eigenvalue weighted by molar-refractivity contribution is -0.137. The number of nitrogens with zero attached hydrogens (tertiary/aromatic N) is 2. The van der Waals surface area contributed by atoms with Crippen LogP contribution in [0, 0.1) is 5.92 Å². The minimum atomic E-state index is -3.72. The van der Waals surface area contributed by atoms with E-state index in [4.69, 9.17) is 5.11 Å². The molecule has 0 aliphatic heterocycles. The van der Waals surface area contributed by atoms with Crippen molar-refractivity contribution >= 4 is 16.0 Å². The highest BCUT2D eigenvalue weighted by molar-refractivity contribution is 7.89. The molecule has 20 heavy (non-hydrogen) atoms. The number of carboxylic acids is 1. The van der Waals surface area contributed by atoms with Crippen molar-refractivity contribution < 1.29 is 23.4 Å². The van der Waals surface area contributed by atoms with Crippen LogP contribution in [-0.4, -0.2) is 47.0 Å². The molecule has 1 saturated carbocycles. The van der Waals surface area contributed by atoms with Crippen LogP contribution in [0.25, 0.3) is 0 Å². The Balaban J connectivity index is 1.92. The van der Waals surface area contributed by atoms with E-state index >= 15 is 0 Å². The third kappa shape index (κ3) is 4.02. The molecule has 3 N–H and O–H groups in total. The molecule has 0 spiro atoms. The Kier molecular flexibility index (Phi) is 4.41. The summed E-state index contributed by atoms with van der Waals surface area (Å²) in [6, 6.07) is 0. The Morgan fingerprint density at radius 1 is 1.55 bits per heavy atom. The molecule has 1 atom stereocenters. The highest BCUT2D eigenvalue weighted by Gasteiger charge is 2.30. The average molecular weight is 303 g/mol. The van der Waals surface area contributed by atoms with Gasteiger partial charge >= 0.3 is 5.97 Å². The summed E-state index contributed by atoms with van der Waals surface area (Å²) in [6.07, 6.45) is 3.50. The Morgan fingerprint density at radius 3 is 2.85 bits per heavy atom. The van der Waals surface area contributed by atoms with E-state index in [1.807, 2.05) is 0 Å². The van der Waals surface area contributed by atoms with Crippen molar-refractivity contribution in [3.63, 3.8) is 0 Å². The zero-order valence-electron chi connectivity index (χ0n) is 10.8. The summed E-state index contributed by atoms with van der Waals surface area (Å²) < 4.78 is 27.5. The summed E-state index contributed by atoms with van der Waals surface area (Å²) >= 11 is 0. The van der Waals surface area contributed by atoms with E-state index in [1.54, 1.807) is 0 Å². The largest absolute Gasteiger partial charge is 0.481 e. The Labute approximate surface area is 116 Å². The van der Waals surface area contributed by atoms with Gasteiger partial charge in [0.2, 0.25) is 10.0 Å². The van der Waals surface area contributed by atoms with Gasteiger partial charge in [-0.05, 0) is 18.8 Å². The van der Waals surface area contributed by atoms with Crippen LogP contribution in [0.3, 0.4) is 0 Å². The van der Waals surface area contributed by atoms with Crippen LogP contribution in [0.15, 0.2) is 17.3 Å². The van der Waals surface area contributed by atoms with Gasteiger partial charge in [0.15, 0.2) is 0 Å². The number of hydrogen-bond acceptors (Lipinski definition) is 5. The van der Waals surface area contributed by atoms with Crippen LogP contribution in [0.2, 0.25) is 0 Å². The van der Waals surface area contributed by atoms with Gasteiger partial charge < -0.3 is 10.2 Å². The van der Waals surface area contributed by atoms with Crippen LogP contribution in [0.4, 0.5) is 0 Å². The standard InChI is InChI=1S/C11H17N3O5S/c15-10(8-1-2-8)6-13-20(18,19)9-5-12-14(7-9)4-3-11(16)17/h5,7-8,10,13,15H,1-4,6H2,(H,16,17). The number of aliphatic hydroxyl groups excluding tert-OH is 1. The maximum Gasteiger partial charge on any atom is 0.305 e. The number of nitrogens with one attached hydrogen (secondary N) is 1. The van der Waals surface area contributed by atoms with Gasteiger partial charge in [0.1, 0.15) is 4.90 Å². The number of hydrogen-bond donors (Lipinski definition) is 3. The molecule has 0 radical (unpaired) electrons. The quantitative estimate of drug-likeness (QED) is 0.590. The van der Waals surface area contributed by atoms with Crippen molar-refractivity contribution in [2.45, 2.75) is 36.8 Å². The second-order valence-corrected chi connectivity index (χ2v) is 6.61. The second-order valence-electron chi connectivity index (χ2n) is 4.84. The van der Waals surface area contributed by atoms with Crippen LogP contribution in [-0.2, 0) is 21.4 Å². The summed E-state index contributed by atoms with van der Waals surface area (Å²) in [4.78, 5) is 10.4. The van der Waals surface area contributed by atoms with Gasteiger partial charge in [-0.1, -0.05) is 0 Å². The summed E-state index contributed by atoms with van der Waals surface area (Å²) in [7, 11) is -3.72. The number of aromatic nitrogens is 2. The first-order chi connectivity index (χ1) is 9.38. The van der Waals surface area contributed by atoms with Crippen LogP contribution < -0.4 is 4.72 Å². The number of sulfonamides is 1. The summed E-state index contributed by atoms with van der Waals surface area (Å²) in [6.45, 7) is 0.0862. The number of rotatable bonds is 8. The lowest BCUT2D eigenvalue weighted by Crippen LogP contribution is -2.33. The van der Waals surface area contributed by atoms with Crippen molar-refractivity contribution in [2.75, 3.05) is 6.54 Å². The van der Waals surface area contributed by atoms with Crippen molar-refractivity contribution in [2.24, 2.45) is 5.92 Å². The van der Waals surface area contributed by atoms with Gasteiger partial charge in [0.05, 0.1) is 25.3 Å². The fourth-order valence-corrected chi connectivity index (χ4v) is 2.75. The molecular weight excluding hydrogens is 286 g/mol. The first kappa shape index (κ1) is 14.9. The Bertz CT molecular complexity index is 579. The normalized spacial score (nSPS) is 17.1. The molecule has 9 heteroatoms. The lowest BCUT2D eigenvalue weighted by atomic mass is 10.2. The first-order valence-corrected chi connectivity index (χ1v) is 7.79. The average Bonchev–Trinajstić information content (AvgIpc) is 3.11. The van der Waals surface area contributed by atoms with Crippen molar-refractivity contribution in [1.82, 2.24) is 14.5 Å². The van der Waals surface area contributed by atoms with E-state index in [0.29, 0.717) is 0 Å². The molecule has 1 aliphatic rings. The predicted octanol–water partition coefficient (Wildman–Crippen LogP) is -0.593. The number of carboxylic acid groups (broad SMARTS) is 1. The maximum atomic E-state index is 11.9. The Hall–Kier alpha value is -1.45. The molecule has 0 saturated heterocycles. The lowest BCUT2D eigenvalue weighted by Gasteiger charge is -2.09. The van der Waals surface area contributed by atoms with E-state index in [0.717, 1.165) is 19.0 Å². The van der Waals surface area contributed by atoms with E-state index < -0.39 is 22.1 Å². The minimum Gasteiger partial charge on any atom is -0.481 e. The zero-order chi connectivity index (χ0) is 14.8. The first-order valence-electron chi connectivity index (χ1n) is 6.30. The summed E-state index contributed by atoms with van der Waals surface area (Å²) in [5, 5.41) is 22.0. The second kappa shape index (κ2) is 5.90. The molecule has 0 aromatic carbocycles. The molecule has 8 nitrogen and oxygen atoms in total. The van der Waals surface area contributed by atoms with Crippen molar-refractivity contribution in [3.8, 4) is 0 Å². The molecule has 0 amide bonds. The minimum absolute atomic E-state index is 0.0205. The third-order valence-electron chi connectivity index (χ3n) is 3.12. The Morgan fingerprint density at radius 2 is 2.25 bits per heavy atom. The number of carbonyl (C=O) groups is 1. The summed E-state index contributed by atoms with van der Waals surface area (Å²) in [5.74, 6) is -0.786. The molecule has 112 valence electrons. The van der Waals surface area contributed by atoms with Gasteiger partial charge in [-0.15, -0.1) is 0 Å². The fourth-order valence-electron chi connectivity index (χ4n) is 1.74. The van der Waals surface area contributed by atoms with Crippen LogP contribution in [0.1, 0.15) is 19.3 Å². The zero-order valence-corrected chi connectivity index (χ0v) is 11.6. The van der Waals surface area contributed by atoms with Crippen molar-refractivity contribution in [1.29, 1.82) is 0 Å². The van der Waals surface area contributed by atoms with Crippen LogP contribution >= 0.6 is 0 Å². The molecule has 1 heterocycles. The third-order valence-corrected chi connectivity index (χ3v) is 4.50. The molecule has 1 aliphatic carbocycles. The molecule has 1 aromatic rings. The maximum absolute atomic E-state index is 11.9. The smallest absolute Gasteiger partial charge is 0.305 e.